The molecule has 1 aliphatic rings. The number of amides is 1. The molecule has 2 N–H and O–H groups in total. The molecule has 1 aromatic carbocycles. The van der Waals surface area contributed by atoms with Crippen molar-refractivity contribution in [3.63, 3.8) is 0 Å². The Balaban J connectivity index is 1.84. The number of nitrogens with one attached hydrogen (secondary N) is 1. The molecule has 5 heteroatoms. The molecule has 0 spiro atoms. The van der Waals surface area contributed by atoms with Crippen LogP contribution in [-0.4, -0.2) is 24.1 Å². The Kier molecular flexibility index (Phi) is 4.16. The molecule has 5 nitrogen and oxygen atoms in total. The van der Waals surface area contributed by atoms with Crippen LogP contribution in [0.2, 0.25) is 0 Å². The minimum atomic E-state index is -0.887. The Bertz CT molecular complexity index is 486. The first-order valence-electron chi connectivity index (χ1n) is 6.19. The number of hydrogen-bond donors (Lipinski definition) is 2. The van der Waals surface area contributed by atoms with Gasteiger partial charge in [0, 0.05) is 13.7 Å². The second-order valence-corrected chi connectivity index (χ2v) is 4.76. The molecule has 1 amide bonds. The van der Waals surface area contributed by atoms with Crippen LogP contribution in [0.3, 0.4) is 0 Å². The summed E-state index contributed by atoms with van der Waals surface area (Å²) in [6, 6.07) is 7.75. The Morgan fingerprint density at radius 1 is 1.37 bits per heavy atom. The number of hydrogen-bond acceptors (Lipinski definition) is 3. The van der Waals surface area contributed by atoms with Gasteiger partial charge >= 0.3 is 5.97 Å². The van der Waals surface area contributed by atoms with Crippen LogP contribution in [0.15, 0.2) is 24.3 Å². The average molecular weight is 263 g/mol. The summed E-state index contributed by atoms with van der Waals surface area (Å²) >= 11 is 0. The van der Waals surface area contributed by atoms with E-state index in [0.29, 0.717) is 19.6 Å². The summed E-state index contributed by atoms with van der Waals surface area (Å²) in [5, 5.41) is 11.5. The fourth-order valence-electron chi connectivity index (χ4n) is 2.07. The van der Waals surface area contributed by atoms with Gasteiger partial charge in [0.15, 0.2) is 0 Å². The van der Waals surface area contributed by atoms with Gasteiger partial charge in [-0.3, -0.25) is 9.59 Å². The van der Waals surface area contributed by atoms with Gasteiger partial charge in [-0.05, 0) is 17.5 Å². The van der Waals surface area contributed by atoms with Gasteiger partial charge in [-0.25, -0.2) is 0 Å². The van der Waals surface area contributed by atoms with E-state index in [9.17, 15) is 9.59 Å². The number of methoxy groups -OCH3 is 1. The van der Waals surface area contributed by atoms with E-state index in [1.165, 1.54) is 0 Å². The summed E-state index contributed by atoms with van der Waals surface area (Å²) in [5.74, 6) is -1.92. The second-order valence-electron chi connectivity index (χ2n) is 4.76. The van der Waals surface area contributed by atoms with E-state index < -0.39 is 11.9 Å². The van der Waals surface area contributed by atoms with E-state index in [4.69, 9.17) is 9.84 Å². The van der Waals surface area contributed by atoms with Crippen LogP contribution in [0.25, 0.3) is 0 Å². The molecule has 0 saturated heterocycles. The zero-order valence-corrected chi connectivity index (χ0v) is 10.8. The molecular weight excluding hydrogens is 246 g/mol. The highest BCUT2D eigenvalue weighted by atomic mass is 16.5. The molecule has 1 aromatic rings. The fourth-order valence-corrected chi connectivity index (χ4v) is 2.07. The van der Waals surface area contributed by atoms with Crippen molar-refractivity contribution < 1.29 is 19.4 Å². The van der Waals surface area contributed by atoms with Crippen molar-refractivity contribution in [1.29, 1.82) is 0 Å². The smallest absolute Gasteiger partial charge is 0.307 e. The molecule has 0 unspecified atom stereocenters. The molecule has 2 atom stereocenters. The lowest BCUT2D eigenvalue weighted by atomic mass is 10.1. The SMILES string of the molecule is COCc1cccc(CNC(=O)[C@@H]2C[C@H]2C(=O)O)c1. The summed E-state index contributed by atoms with van der Waals surface area (Å²) in [6.07, 6.45) is 0.449. The van der Waals surface area contributed by atoms with Crippen LogP contribution >= 0.6 is 0 Å². The molecule has 0 bridgehead atoms. The largest absolute Gasteiger partial charge is 0.481 e. The van der Waals surface area contributed by atoms with Crippen molar-refractivity contribution in [2.45, 2.75) is 19.6 Å². The first-order valence-corrected chi connectivity index (χ1v) is 6.19. The minimum Gasteiger partial charge on any atom is -0.481 e. The van der Waals surface area contributed by atoms with Crippen molar-refractivity contribution >= 4 is 11.9 Å². The molecule has 0 aliphatic heterocycles. The maximum absolute atomic E-state index is 11.7. The van der Waals surface area contributed by atoms with Gasteiger partial charge in [-0.15, -0.1) is 0 Å². The molecule has 2 rings (SSSR count). The number of ether oxygens (including phenoxy) is 1. The number of benzene rings is 1. The Morgan fingerprint density at radius 3 is 2.74 bits per heavy atom. The minimum absolute atomic E-state index is 0.176. The molecule has 0 aromatic heterocycles. The van der Waals surface area contributed by atoms with Crippen molar-refractivity contribution in [2.75, 3.05) is 7.11 Å². The van der Waals surface area contributed by atoms with Crippen LogP contribution in [0.4, 0.5) is 0 Å². The molecule has 1 fully saturated rings. The van der Waals surface area contributed by atoms with Crippen LogP contribution in [-0.2, 0) is 27.5 Å². The van der Waals surface area contributed by atoms with E-state index >= 15 is 0 Å². The summed E-state index contributed by atoms with van der Waals surface area (Å²) < 4.78 is 5.04. The van der Waals surface area contributed by atoms with Crippen molar-refractivity contribution in [2.24, 2.45) is 11.8 Å². The third kappa shape index (κ3) is 3.54. The Hall–Kier alpha value is -1.88. The van der Waals surface area contributed by atoms with Gasteiger partial charge in [0.2, 0.25) is 5.91 Å². The normalized spacial score (nSPS) is 20.9. The number of rotatable bonds is 6. The van der Waals surface area contributed by atoms with Gasteiger partial charge in [0.1, 0.15) is 0 Å². The average Bonchev–Trinajstić information content (AvgIpc) is 3.17. The lowest BCUT2D eigenvalue weighted by molar-refractivity contribution is -0.140. The lowest BCUT2D eigenvalue weighted by Crippen LogP contribution is -2.25. The van der Waals surface area contributed by atoms with Gasteiger partial charge in [-0.1, -0.05) is 24.3 Å². The molecular formula is C14H17NO4. The van der Waals surface area contributed by atoms with E-state index in [2.05, 4.69) is 5.32 Å². The number of aliphatic carboxylic acids is 1. The van der Waals surface area contributed by atoms with Crippen LogP contribution in [0.1, 0.15) is 17.5 Å². The maximum Gasteiger partial charge on any atom is 0.307 e. The first-order chi connectivity index (χ1) is 9.11. The maximum atomic E-state index is 11.7. The van der Waals surface area contributed by atoms with Gasteiger partial charge in [0.05, 0.1) is 18.4 Å². The first kappa shape index (κ1) is 13.5. The van der Waals surface area contributed by atoms with Gasteiger partial charge in [0.25, 0.3) is 0 Å². The standard InChI is InChI=1S/C14H17NO4/c1-19-8-10-4-2-3-9(5-10)7-15-13(16)11-6-12(11)14(17)18/h2-5,11-12H,6-8H2,1H3,(H,15,16)(H,17,18)/t11-,12-/m1/s1. The zero-order chi connectivity index (χ0) is 13.8. The Morgan fingerprint density at radius 2 is 2.11 bits per heavy atom. The quantitative estimate of drug-likeness (QED) is 0.807. The summed E-state index contributed by atoms with van der Waals surface area (Å²) in [5.41, 5.74) is 2.03. The monoisotopic (exact) mass is 263 g/mol. The topological polar surface area (TPSA) is 75.6 Å². The van der Waals surface area contributed by atoms with Gasteiger partial charge in [-0.2, -0.15) is 0 Å². The third-order valence-electron chi connectivity index (χ3n) is 3.21. The lowest BCUT2D eigenvalue weighted by Gasteiger charge is -2.06. The predicted molar refractivity (Wildman–Crippen MR) is 68.2 cm³/mol. The molecule has 0 heterocycles. The van der Waals surface area contributed by atoms with Crippen LogP contribution in [0.5, 0.6) is 0 Å². The van der Waals surface area contributed by atoms with E-state index in [1.54, 1.807) is 7.11 Å². The molecule has 0 radical (unpaired) electrons. The second kappa shape index (κ2) is 5.84. The van der Waals surface area contributed by atoms with Gasteiger partial charge < -0.3 is 15.2 Å². The van der Waals surface area contributed by atoms with Crippen LogP contribution < -0.4 is 5.32 Å². The molecule has 102 valence electrons. The number of carbonyl (C=O) groups is 2. The van der Waals surface area contributed by atoms with Crippen LogP contribution in [0, 0.1) is 11.8 Å². The summed E-state index contributed by atoms with van der Waals surface area (Å²) in [7, 11) is 1.63. The molecule has 19 heavy (non-hydrogen) atoms. The van der Waals surface area contributed by atoms with E-state index in [0.717, 1.165) is 11.1 Å². The summed E-state index contributed by atoms with van der Waals surface area (Å²) in [6.45, 7) is 0.949. The highest BCUT2D eigenvalue weighted by molar-refractivity contribution is 5.89. The van der Waals surface area contributed by atoms with E-state index in [1.807, 2.05) is 24.3 Å². The molecule has 1 aliphatic carbocycles. The van der Waals surface area contributed by atoms with Crippen molar-refractivity contribution in [3.05, 3.63) is 35.4 Å². The molecule has 1 saturated carbocycles. The van der Waals surface area contributed by atoms with Crippen molar-refractivity contribution in [3.8, 4) is 0 Å². The number of carboxylic acids is 1. The number of carbonyl (C=O) groups excluding carboxylic acids is 1. The third-order valence-corrected chi connectivity index (χ3v) is 3.21. The zero-order valence-electron chi connectivity index (χ0n) is 10.8. The number of carboxylic acid groups (broad SMARTS) is 1. The highest BCUT2D eigenvalue weighted by Crippen LogP contribution is 2.38. The fraction of sp³-hybridized carbons (Fsp3) is 0.429. The van der Waals surface area contributed by atoms with Crippen molar-refractivity contribution in [1.82, 2.24) is 5.32 Å². The predicted octanol–water partition coefficient (Wildman–Crippen LogP) is 1.17. The Labute approximate surface area is 111 Å². The summed E-state index contributed by atoms with van der Waals surface area (Å²) in [4.78, 5) is 22.4. The van der Waals surface area contributed by atoms with E-state index in [-0.39, 0.29) is 11.8 Å². The highest BCUT2D eigenvalue weighted by Gasteiger charge is 2.48.